The molecule has 1 aliphatic heterocycles. The zero-order chi connectivity index (χ0) is 24.6. The van der Waals surface area contributed by atoms with Gasteiger partial charge in [-0.3, -0.25) is 14.4 Å². The van der Waals surface area contributed by atoms with E-state index in [1.807, 2.05) is 47.4 Å². The molecule has 0 bridgehead atoms. The van der Waals surface area contributed by atoms with E-state index in [4.69, 9.17) is 0 Å². The van der Waals surface area contributed by atoms with Gasteiger partial charge in [-0.1, -0.05) is 67.4 Å². The number of likely N-dealkylation sites (tertiary alicyclic amines) is 1. The van der Waals surface area contributed by atoms with Gasteiger partial charge >= 0.3 is 0 Å². The summed E-state index contributed by atoms with van der Waals surface area (Å²) in [7, 11) is 0. The number of para-hydroxylation sites is 1. The van der Waals surface area contributed by atoms with Gasteiger partial charge in [0.25, 0.3) is 11.8 Å². The summed E-state index contributed by atoms with van der Waals surface area (Å²) in [6.45, 7) is 3.17. The minimum atomic E-state index is -0.644. The highest BCUT2D eigenvalue weighted by Gasteiger charge is 2.24. The van der Waals surface area contributed by atoms with Crippen molar-refractivity contribution in [2.75, 3.05) is 18.4 Å². The molecule has 35 heavy (non-hydrogen) atoms. The van der Waals surface area contributed by atoms with Gasteiger partial charge in [-0.2, -0.15) is 0 Å². The Bertz CT molecular complexity index is 1170. The Morgan fingerprint density at radius 1 is 0.714 bits per heavy atom. The van der Waals surface area contributed by atoms with Crippen LogP contribution in [-0.2, 0) is 4.79 Å². The molecule has 4 rings (SSSR count). The molecule has 1 heterocycles. The molecule has 0 unspecified atom stereocenters. The smallest absolute Gasteiger partial charge is 0.255 e. The number of rotatable bonds is 6. The Morgan fingerprint density at radius 3 is 2.00 bits per heavy atom. The summed E-state index contributed by atoms with van der Waals surface area (Å²) in [4.78, 5) is 40.6. The van der Waals surface area contributed by atoms with Gasteiger partial charge in [-0.25, -0.2) is 0 Å². The summed E-state index contributed by atoms with van der Waals surface area (Å²) in [6.07, 6.45) is 4.25. The van der Waals surface area contributed by atoms with E-state index >= 15 is 0 Å². The van der Waals surface area contributed by atoms with Gasteiger partial charge in [0, 0.05) is 18.7 Å². The van der Waals surface area contributed by atoms with E-state index in [0.717, 1.165) is 49.9 Å². The van der Waals surface area contributed by atoms with E-state index in [1.54, 1.807) is 43.3 Å². The Labute approximate surface area is 206 Å². The number of hydrogen-bond donors (Lipinski definition) is 2. The van der Waals surface area contributed by atoms with Crippen molar-refractivity contribution in [1.29, 1.82) is 0 Å². The van der Waals surface area contributed by atoms with Crippen LogP contribution in [0.3, 0.4) is 0 Å². The maximum absolute atomic E-state index is 13.0. The highest BCUT2D eigenvalue weighted by Crippen LogP contribution is 2.21. The van der Waals surface area contributed by atoms with Crippen molar-refractivity contribution in [3.05, 3.63) is 90.0 Å². The fourth-order valence-corrected chi connectivity index (χ4v) is 4.33. The molecule has 0 aromatic heterocycles. The van der Waals surface area contributed by atoms with Gasteiger partial charge in [-0.15, -0.1) is 0 Å². The molecule has 1 atom stereocenters. The van der Waals surface area contributed by atoms with Crippen LogP contribution >= 0.6 is 0 Å². The molecule has 1 fully saturated rings. The van der Waals surface area contributed by atoms with Crippen LogP contribution < -0.4 is 10.6 Å². The van der Waals surface area contributed by atoms with Crippen molar-refractivity contribution in [3.8, 4) is 11.1 Å². The highest BCUT2D eigenvalue weighted by molar-refractivity contribution is 6.09. The van der Waals surface area contributed by atoms with Gasteiger partial charge < -0.3 is 15.5 Å². The van der Waals surface area contributed by atoms with E-state index in [9.17, 15) is 14.4 Å². The second-order valence-electron chi connectivity index (χ2n) is 8.88. The van der Waals surface area contributed by atoms with Crippen LogP contribution in [0, 0.1) is 0 Å². The minimum absolute atomic E-state index is 0.0692. The molecule has 1 saturated heterocycles. The molecule has 0 aliphatic carbocycles. The van der Waals surface area contributed by atoms with Crippen LogP contribution in [0.2, 0.25) is 0 Å². The number of nitrogens with one attached hydrogen (secondary N) is 2. The third-order valence-electron chi connectivity index (χ3n) is 6.31. The van der Waals surface area contributed by atoms with Gasteiger partial charge in [-0.05, 0) is 55.2 Å². The van der Waals surface area contributed by atoms with Crippen molar-refractivity contribution in [3.63, 3.8) is 0 Å². The predicted molar refractivity (Wildman–Crippen MR) is 138 cm³/mol. The molecule has 1 aliphatic rings. The van der Waals surface area contributed by atoms with E-state index in [1.165, 1.54) is 0 Å². The fraction of sp³-hybridized carbons (Fsp3) is 0.276. The number of hydrogen-bond acceptors (Lipinski definition) is 3. The summed E-state index contributed by atoms with van der Waals surface area (Å²) < 4.78 is 0. The lowest BCUT2D eigenvalue weighted by Gasteiger charge is -2.25. The second kappa shape index (κ2) is 11.5. The Morgan fingerprint density at radius 2 is 1.31 bits per heavy atom. The van der Waals surface area contributed by atoms with E-state index in [2.05, 4.69) is 10.6 Å². The molecule has 0 spiro atoms. The lowest BCUT2D eigenvalue weighted by atomic mass is 10.0. The molecule has 6 heteroatoms. The zero-order valence-electron chi connectivity index (χ0n) is 20.0. The Kier molecular flexibility index (Phi) is 7.93. The fourth-order valence-electron chi connectivity index (χ4n) is 4.33. The molecule has 2 N–H and O–H groups in total. The number of amides is 3. The van der Waals surface area contributed by atoms with Crippen LogP contribution in [0.4, 0.5) is 5.69 Å². The number of carbonyl (C=O) groups excluding carboxylic acids is 3. The number of benzene rings is 3. The minimum Gasteiger partial charge on any atom is -0.341 e. The van der Waals surface area contributed by atoms with Crippen molar-refractivity contribution in [1.82, 2.24) is 10.2 Å². The molecular formula is C29H31N3O3. The van der Waals surface area contributed by atoms with Crippen LogP contribution in [0.1, 0.15) is 53.3 Å². The van der Waals surface area contributed by atoms with Gasteiger partial charge in [0.1, 0.15) is 6.04 Å². The average Bonchev–Trinajstić information content (AvgIpc) is 3.19. The molecule has 3 aromatic carbocycles. The van der Waals surface area contributed by atoms with Crippen LogP contribution in [0.25, 0.3) is 11.1 Å². The normalized spacial score (nSPS) is 14.5. The predicted octanol–water partition coefficient (Wildman–Crippen LogP) is 5.13. The number of carbonyl (C=O) groups is 3. The van der Waals surface area contributed by atoms with Gasteiger partial charge in [0.05, 0.1) is 11.3 Å². The van der Waals surface area contributed by atoms with Crippen molar-refractivity contribution < 1.29 is 14.4 Å². The standard InChI is InChI=1S/C29H31N3O3/c1-21(29(35)32-19-9-2-3-10-20-32)30-28(34)25-13-7-8-14-26(25)31-27(33)24-17-15-23(16-18-24)22-11-5-4-6-12-22/h4-8,11-18,21H,2-3,9-10,19-20H2,1H3,(H,30,34)(H,31,33)/t21-/m1/s1. The lowest BCUT2D eigenvalue weighted by Crippen LogP contribution is -2.47. The maximum Gasteiger partial charge on any atom is 0.255 e. The molecule has 180 valence electrons. The first-order valence-electron chi connectivity index (χ1n) is 12.2. The second-order valence-corrected chi connectivity index (χ2v) is 8.88. The summed E-state index contributed by atoms with van der Waals surface area (Å²) in [5.74, 6) is -0.769. The monoisotopic (exact) mass is 469 g/mol. The molecule has 6 nitrogen and oxygen atoms in total. The van der Waals surface area contributed by atoms with Crippen LogP contribution in [0.15, 0.2) is 78.9 Å². The van der Waals surface area contributed by atoms with E-state index in [-0.39, 0.29) is 11.8 Å². The molecule has 3 amide bonds. The van der Waals surface area contributed by atoms with E-state index < -0.39 is 11.9 Å². The van der Waals surface area contributed by atoms with E-state index in [0.29, 0.717) is 16.8 Å². The van der Waals surface area contributed by atoms with Crippen molar-refractivity contribution >= 4 is 23.4 Å². The SMILES string of the molecule is C[C@@H](NC(=O)c1ccccc1NC(=O)c1ccc(-c2ccccc2)cc1)C(=O)N1CCCCCC1. The summed E-state index contributed by atoms with van der Waals surface area (Å²) in [5.41, 5.74) is 3.30. The molecular weight excluding hydrogens is 438 g/mol. The summed E-state index contributed by atoms with van der Waals surface area (Å²) in [5, 5.41) is 5.66. The van der Waals surface area contributed by atoms with Crippen molar-refractivity contribution in [2.45, 2.75) is 38.6 Å². The molecule has 0 radical (unpaired) electrons. The first kappa shape index (κ1) is 24.2. The number of anilines is 1. The maximum atomic E-state index is 13.0. The quantitative estimate of drug-likeness (QED) is 0.526. The third kappa shape index (κ3) is 6.15. The molecule has 3 aromatic rings. The van der Waals surface area contributed by atoms with Gasteiger partial charge in [0.2, 0.25) is 5.91 Å². The van der Waals surface area contributed by atoms with Gasteiger partial charge in [0.15, 0.2) is 0 Å². The zero-order valence-corrected chi connectivity index (χ0v) is 20.0. The Balaban J connectivity index is 1.42. The first-order chi connectivity index (χ1) is 17.0. The summed E-state index contributed by atoms with van der Waals surface area (Å²) >= 11 is 0. The summed E-state index contributed by atoms with van der Waals surface area (Å²) in [6, 6.07) is 23.5. The van der Waals surface area contributed by atoms with Crippen LogP contribution in [-0.4, -0.2) is 41.8 Å². The van der Waals surface area contributed by atoms with Crippen LogP contribution in [0.5, 0.6) is 0 Å². The highest BCUT2D eigenvalue weighted by atomic mass is 16.2. The first-order valence-corrected chi connectivity index (χ1v) is 12.2. The van der Waals surface area contributed by atoms with Crippen molar-refractivity contribution in [2.24, 2.45) is 0 Å². The number of nitrogens with zero attached hydrogens (tertiary/aromatic N) is 1. The average molecular weight is 470 g/mol. The molecule has 0 saturated carbocycles. The third-order valence-corrected chi connectivity index (χ3v) is 6.31. The largest absolute Gasteiger partial charge is 0.341 e. The topological polar surface area (TPSA) is 78.5 Å². The Hall–Kier alpha value is -3.93. The lowest BCUT2D eigenvalue weighted by molar-refractivity contribution is -0.132.